The van der Waals surface area contributed by atoms with E-state index in [2.05, 4.69) is 26.1 Å². The number of sulfonamides is 1. The Kier molecular flexibility index (Phi) is 4.32. The highest BCUT2D eigenvalue weighted by Gasteiger charge is 2.38. The van der Waals surface area contributed by atoms with Crippen molar-refractivity contribution in [3.05, 3.63) is 29.8 Å². The highest BCUT2D eigenvalue weighted by Crippen LogP contribution is 2.32. The summed E-state index contributed by atoms with van der Waals surface area (Å²) in [6.07, 6.45) is 4.20. The van der Waals surface area contributed by atoms with Crippen molar-refractivity contribution in [3.63, 3.8) is 0 Å². The van der Waals surface area contributed by atoms with Crippen LogP contribution in [-0.4, -0.2) is 37.9 Å². The fourth-order valence-corrected chi connectivity index (χ4v) is 5.19. The Balaban J connectivity index is 1.80. The third-order valence-corrected chi connectivity index (χ3v) is 7.28. The number of piperidine rings is 1. The van der Waals surface area contributed by atoms with Crippen molar-refractivity contribution in [1.82, 2.24) is 9.62 Å². The third kappa shape index (κ3) is 3.32. The molecule has 5 heteroatoms. The lowest BCUT2D eigenvalue weighted by atomic mass is 9.87. The van der Waals surface area contributed by atoms with E-state index < -0.39 is 10.0 Å². The van der Waals surface area contributed by atoms with Gasteiger partial charge in [-0.1, -0.05) is 32.9 Å². The summed E-state index contributed by atoms with van der Waals surface area (Å²) in [4.78, 5) is 0.402. The standard InChI is InChI=1S/C18H28N2O2S/c1-18(2,3)13-5-9-17(10-6-13)23(21,22)20(4)16-11-14-7-8-15(12-16)19-14/h5-6,9-10,14-16,19H,7-8,11-12H2,1-4H3. The van der Waals surface area contributed by atoms with E-state index in [1.165, 1.54) is 12.8 Å². The van der Waals surface area contributed by atoms with Gasteiger partial charge >= 0.3 is 0 Å². The van der Waals surface area contributed by atoms with Gasteiger partial charge in [0.1, 0.15) is 0 Å². The average Bonchev–Trinajstić information content (AvgIpc) is 2.84. The average molecular weight is 337 g/mol. The fourth-order valence-electron chi connectivity index (χ4n) is 3.81. The number of hydrogen-bond donors (Lipinski definition) is 1. The lowest BCUT2D eigenvalue weighted by Crippen LogP contribution is -2.48. The van der Waals surface area contributed by atoms with Gasteiger partial charge in [-0.05, 0) is 48.8 Å². The van der Waals surface area contributed by atoms with Crippen LogP contribution in [-0.2, 0) is 15.4 Å². The van der Waals surface area contributed by atoms with E-state index in [-0.39, 0.29) is 11.5 Å². The van der Waals surface area contributed by atoms with Crippen molar-refractivity contribution in [2.45, 2.75) is 74.9 Å². The summed E-state index contributed by atoms with van der Waals surface area (Å²) in [5.74, 6) is 0. The topological polar surface area (TPSA) is 49.4 Å². The van der Waals surface area contributed by atoms with E-state index in [1.54, 1.807) is 23.5 Å². The second kappa shape index (κ2) is 5.87. The molecule has 0 amide bonds. The van der Waals surface area contributed by atoms with Crippen molar-refractivity contribution in [2.24, 2.45) is 0 Å². The molecular weight excluding hydrogens is 308 g/mol. The van der Waals surface area contributed by atoms with Crippen LogP contribution in [0.15, 0.2) is 29.2 Å². The van der Waals surface area contributed by atoms with Gasteiger partial charge in [0.05, 0.1) is 4.90 Å². The van der Waals surface area contributed by atoms with E-state index >= 15 is 0 Å². The number of nitrogens with zero attached hydrogens (tertiary/aromatic N) is 1. The Morgan fingerprint density at radius 1 is 1.04 bits per heavy atom. The molecule has 2 aliphatic rings. The van der Waals surface area contributed by atoms with Crippen molar-refractivity contribution in [1.29, 1.82) is 0 Å². The predicted molar refractivity (Wildman–Crippen MR) is 93.1 cm³/mol. The van der Waals surface area contributed by atoms with E-state index in [1.807, 2.05) is 12.1 Å². The van der Waals surface area contributed by atoms with E-state index in [9.17, 15) is 8.42 Å². The summed E-state index contributed by atoms with van der Waals surface area (Å²) in [6.45, 7) is 6.40. The zero-order chi connectivity index (χ0) is 16.8. The molecule has 0 saturated carbocycles. The molecule has 1 aromatic rings. The Labute approximate surface area is 140 Å². The molecular formula is C18H28N2O2S. The maximum absolute atomic E-state index is 12.9. The first-order valence-electron chi connectivity index (χ1n) is 8.52. The zero-order valence-electron chi connectivity index (χ0n) is 14.5. The molecule has 2 saturated heterocycles. The van der Waals surface area contributed by atoms with E-state index in [0.717, 1.165) is 18.4 Å². The molecule has 1 N–H and O–H groups in total. The molecule has 1 aromatic carbocycles. The maximum atomic E-state index is 12.9. The largest absolute Gasteiger partial charge is 0.311 e. The lowest BCUT2D eigenvalue weighted by Gasteiger charge is -2.34. The molecule has 2 atom stereocenters. The second-order valence-corrected chi connectivity index (χ2v) is 10.1. The molecule has 2 unspecified atom stereocenters. The molecule has 4 nitrogen and oxygen atoms in total. The molecule has 2 heterocycles. The summed E-state index contributed by atoms with van der Waals surface area (Å²) >= 11 is 0. The van der Waals surface area contributed by atoms with Crippen LogP contribution in [0, 0.1) is 0 Å². The number of benzene rings is 1. The lowest BCUT2D eigenvalue weighted by molar-refractivity contribution is 0.251. The molecule has 0 radical (unpaired) electrons. The van der Waals surface area contributed by atoms with Gasteiger partial charge in [-0.15, -0.1) is 0 Å². The minimum absolute atomic E-state index is 0.0302. The molecule has 0 spiro atoms. The highest BCUT2D eigenvalue weighted by atomic mass is 32.2. The smallest absolute Gasteiger partial charge is 0.243 e. The van der Waals surface area contributed by atoms with Gasteiger partial charge in [-0.3, -0.25) is 0 Å². The third-order valence-electron chi connectivity index (χ3n) is 5.36. The number of nitrogens with one attached hydrogen (secondary N) is 1. The van der Waals surface area contributed by atoms with Crippen LogP contribution in [0.25, 0.3) is 0 Å². The molecule has 2 aliphatic heterocycles. The van der Waals surface area contributed by atoms with Crippen molar-refractivity contribution in [3.8, 4) is 0 Å². The molecule has 2 fully saturated rings. The van der Waals surface area contributed by atoms with Crippen LogP contribution in [0.5, 0.6) is 0 Å². The summed E-state index contributed by atoms with van der Waals surface area (Å²) in [7, 11) is -1.68. The first kappa shape index (κ1) is 16.9. The first-order valence-corrected chi connectivity index (χ1v) is 9.96. The molecule has 23 heavy (non-hydrogen) atoms. The van der Waals surface area contributed by atoms with Crippen molar-refractivity contribution >= 4 is 10.0 Å². The summed E-state index contributed by atoms with van der Waals surface area (Å²) in [6, 6.07) is 8.46. The van der Waals surface area contributed by atoms with Gasteiger partial charge < -0.3 is 5.32 Å². The minimum atomic E-state index is -3.41. The maximum Gasteiger partial charge on any atom is 0.243 e. The fraction of sp³-hybridized carbons (Fsp3) is 0.667. The molecule has 0 aliphatic carbocycles. The number of fused-ring (bicyclic) bond motifs is 2. The van der Waals surface area contributed by atoms with Crippen molar-refractivity contribution in [2.75, 3.05) is 7.05 Å². The van der Waals surface area contributed by atoms with Crippen LogP contribution >= 0.6 is 0 Å². The zero-order valence-corrected chi connectivity index (χ0v) is 15.4. The summed E-state index contributed by atoms with van der Waals surface area (Å²) < 4.78 is 27.5. The monoisotopic (exact) mass is 336 g/mol. The molecule has 2 bridgehead atoms. The second-order valence-electron chi connectivity index (χ2n) is 8.06. The summed E-state index contributed by atoms with van der Waals surface area (Å²) in [5.41, 5.74) is 1.18. The Hall–Kier alpha value is -0.910. The van der Waals surface area contributed by atoms with Crippen LogP contribution < -0.4 is 5.32 Å². The molecule has 128 valence electrons. The summed E-state index contributed by atoms with van der Waals surface area (Å²) in [5, 5.41) is 3.57. The van der Waals surface area contributed by atoms with E-state index in [4.69, 9.17) is 0 Å². The van der Waals surface area contributed by atoms with Crippen LogP contribution in [0.2, 0.25) is 0 Å². The van der Waals surface area contributed by atoms with Crippen molar-refractivity contribution < 1.29 is 8.42 Å². The van der Waals surface area contributed by atoms with Gasteiger partial charge in [0.25, 0.3) is 0 Å². The van der Waals surface area contributed by atoms with Gasteiger partial charge in [0.15, 0.2) is 0 Å². The van der Waals surface area contributed by atoms with Gasteiger partial charge in [0, 0.05) is 25.2 Å². The van der Waals surface area contributed by atoms with Gasteiger partial charge in [0.2, 0.25) is 10.0 Å². The normalized spacial score (nSPS) is 28.3. The Bertz CT molecular complexity index is 649. The Morgan fingerprint density at radius 3 is 2.04 bits per heavy atom. The SMILES string of the molecule is CN(C1CC2CCC(C1)N2)S(=O)(=O)c1ccc(C(C)(C)C)cc1. The van der Waals surface area contributed by atoms with Gasteiger partial charge in [-0.25, -0.2) is 8.42 Å². The van der Waals surface area contributed by atoms with Gasteiger partial charge in [-0.2, -0.15) is 4.31 Å². The number of rotatable bonds is 3. The quantitative estimate of drug-likeness (QED) is 0.923. The predicted octanol–water partition coefficient (Wildman–Crippen LogP) is 2.89. The first-order chi connectivity index (χ1) is 10.7. The molecule has 0 aromatic heterocycles. The number of hydrogen-bond acceptors (Lipinski definition) is 3. The Morgan fingerprint density at radius 2 is 1.57 bits per heavy atom. The van der Waals surface area contributed by atoms with Crippen LogP contribution in [0.4, 0.5) is 0 Å². The van der Waals surface area contributed by atoms with Crippen LogP contribution in [0.1, 0.15) is 52.0 Å². The molecule has 3 rings (SSSR count). The minimum Gasteiger partial charge on any atom is -0.311 e. The van der Waals surface area contributed by atoms with Crippen LogP contribution in [0.3, 0.4) is 0 Å². The highest BCUT2D eigenvalue weighted by molar-refractivity contribution is 7.89. The van der Waals surface area contributed by atoms with E-state index in [0.29, 0.717) is 17.0 Å².